The van der Waals surface area contributed by atoms with Crippen molar-refractivity contribution >= 4 is 11.3 Å². The van der Waals surface area contributed by atoms with Crippen LogP contribution in [0.3, 0.4) is 0 Å². The van der Waals surface area contributed by atoms with Gasteiger partial charge in [-0.15, -0.1) is 11.3 Å². The van der Waals surface area contributed by atoms with Crippen molar-refractivity contribution in [1.82, 2.24) is 4.98 Å². The first-order valence-corrected chi connectivity index (χ1v) is 7.03. The fourth-order valence-corrected chi connectivity index (χ4v) is 3.56. The van der Waals surface area contributed by atoms with Gasteiger partial charge in [-0.2, -0.15) is 0 Å². The number of benzene rings is 1. The van der Waals surface area contributed by atoms with E-state index in [1.807, 2.05) is 12.1 Å². The van der Waals surface area contributed by atoms with Crippen LogP contribution in [0.25, 0.3) is 0 Å². The quantitative estimate of drug-likeness (QED) is 0.902. The largest absolute Gasteiger partial charge is 0.323 e. The highest BCUT2D eigenvalue weighted by atomic mass is 32.1. The Bertz CT molecular complexity index is 565. The third-order valence-electron chi connectivity index (χ3n) is 3.34. The standard InChI is InChI=1S/C14H15FN2S/c15-10-5-2-1-4-9(10)8-13-17-12-7-3-6-11(16)14(12)18-13/h1-2,4-5,11H,3,6-8,16H2. The van der Waals surface area contributed by atoms with Gasteiger partial charge in [-0.1, -0.05) is 18.2 Å². The summed E-state index contributed by atoms with van der Waals surface area (Å²) >= 11 is 1.64. The van der Waals surface area contributed by atoms with E-state index < -0.39 is 0 Å². The molecule has 0 bridgehead atoms. The highest BCUT2D eigenvalue weighted by Gasteiger charge is 2.21. The second-order valence-corrected chi connectivity index (χ2v) is 5.80. The summed E-state index contributed by atoms with van der Waals surface area (Å²) in [5, 5.41) is 0.974. The van der Waals surface area contributed by atoms with Gasteiger partial charge in [0, 0.05) is 17.3 Å². The van der Waals surface area contributed by atoms with Gasteiger partial charge in [0.15, 0.2) is 0 Å². The molecule has 4 heteroatoms. The summed E-state index contributed by atoms with van der Waals surface area (Å²) in [6.45, 7) is 0. The van der Waals surface area contributed by atoms with E-state index in [9.17, 15) is 4.39 Å². The van der Waals surface area contributed by atoms with E-state index >= 15 is 0 Å². The molecule has 1 unspecified atom stereocenters. The summed E-state index contributed by atoms with van der Waals surface area (Å²) in [6.07, 6.45) is 3.72. The summed E-state index contributed by atoms with van der Waals surface area (Å²) in [4.78, 5) is 5.81. The maximum atomic E-state index is 13.6. The third-order valence-corrected chi connectivity index (χ3v) is 4.57. The first kappa shape index (κ1) is 11.8. The molecule has 0 spiro atoms. The van der Waals surface area contributed by atoms with Crippen LogP contribution in [-0.4, -0.2) is 4.98 Å². The van der Waals surface area contributed by atoms with E-state index in [2.05, 4.69) is 4.98 Å². The molecule has 1 aliphatic carbocycles. The molecule has 0 saturated heterocycles. The van der Waals surface area contributed by atoms with Gasteiger partial charge < -0.3 is 5.73 Å². The summed E-state index contributed by atoms with van der Waals surface area (Å²) in [6, 6.07) is 7.00. The van der Waals surface area contributed by atoms with Crippen LogP contribution in [0.15, 0.2) is 24.3 Å². The summed E-state index contributed by atoms with van der Waals surface area (Å²) in [5.74, 6) is -0.157. The lowest BCUT2D eigenvalue weighted by atomic mass is 9.99. The van der Waals surface area contributed by atoms with Crippen LogP contribution in [0, 0.1) is 5.82 Å². The number of rotatable bonds is 2. The van der Waals surface area contributed by atoms with Crippen molar-refractivity contribution in [2.24, 2.45) is 5.73 Å². The minimum Gasteiger partial charge on any atom is -0.323 e. The molecular weight excluding hydrogens is 247 g/mol. The van der Waals surface area contributed by atoms with Crippen LogP contribution in [-0.2, 0) is 12.8 Å². The molecule has 1 heterocycles. The highest BCUT2D eigenvalue weighted by molar-refractivity contribution is 7.11. The Hall–Kier alpha value is -1.26. The molecule has 18 heavy (non-hydrogen) atoms. The molecule has 1 aliphatic rings. The molecule has 0 saturated carbocycles. The van der Waals surface area contributed by atoms with Crippen molar-refractivity contribution in [3.63, 3.8) is 0 Å². The van der Waals surface area contributed by atoms with E-state index in [0.29, 0.717) is 12.0 Å². The number of nitrogens with two attached hydrogens (primary N) is 1. The average Bonchev–Trinajstić information content (AvgIpc) is 2.76. The molecule has 1 atom stereocenters. The van der Waals surface area contributed by atoms with Crippen LogP contribution >= 0.6 is 11.3 Å². The molecular formula is C14H15FN2S. The number of thiazole rings is 1. The second kappa shape index (κ2) is 4.78. The Labute approximate surface area is 110 Å². The lowest BCUT2D eigenvalue weighted by Crippen LogP contribution is -2.15. The van der Waals surface area contributed by atoms with Crippen molar-refractivity contribution in [2.75, 3.05) is 0 Å². The van der Waals surface area contributed by atoms with Crippen molar-refractivity contribution in [1.29, 1.82) is 0 Å². The number of aromatic nitrogens is 1. The van der Waals surface area contributed by atoms with Gasteiger partial charge in [-0.05, 0) is 30.9 Å². The number of nitrogens with zero attached hydrogens (tertiary/aromatic N) is 1. The number of hydrogen-bond acceptors (Lipinski definition) is 3. The van der Waals surface area contributed by atoms with Gasteiger partial charge in [0.25, 0.3) is 0 Å². The number of halogens is 1. The van der Waals surface area contributed by atoms with E-state index in [-0.39, 0.29) is 11.9 Å². The second-order valence-electron chi connectivity index (χ2n) is 4.69. The SMILES string of the molecule is NC1CCCc2nc(Cc3ccccc3F)sc21. The van der Waals surface area contributed by atoms with Crippen LogP contribution < -0.4 is 5.73 Å². The predicted molar refractivity (Wildman–Crippen MR) is 71.2 cm³/mol. The van der Waals surface area contributed by atoms with Crippen LogP contribution in [0.4, 0.5) is 4.39 Å². The van der Waals surface area contributed by atoms with Crippen LogP contribution in [0.5, 0.6) is 0 Å². The van der Waals surface area contributed by atoms with Crippen LogP contribution in [0.2, 0.25) is 0 Å². The van der Waals surface area contributed by atoms with Gasteiger partial charge in [0.05, 0.1) is 10.7 Å². The molecule has 0 radical (unpaired) electrons. The maximum Gasteiger partial charge on any atom is 0.126 e. The Morgan fingerprint density at radius 1 is 1.39 bits per heavy atom. The van der Waals surface area contributed by atoms with Gasteiger partial charge >= 0.3 is 0 Å². The lowest BCUT2D eigenvalue weighted by molar-refractivity contribution is 0.573. The maximum absolute atomic E-state index is 13.6. The minimum absolute atomic E-state index is 0.126. The van der Waals surface area contributed by atoms with E-state index in [1.165, 1.54) is 10.9 Å². The zero-order valence-corrected chi connectivity index (χ0v) is 10.8. The number of aryl methyl sites for hydroxylation is 1. The normalized spacial score (nSPS) is 18.7. The Balaban J connectivity index is 1.88. The third kappa shape index (κ3) is 2.18. The summed E-state index contributed by atoms with van der Waals surface area (Å²) < 4.78 is 13.6. The van der Waals surface area contributed by atoms with Crippen molar-refractivity contribution < 1.29 is 4.39 Å². The zero-order valence-electron chi connectivity index (χ0n) is 10.0. The molecule has 0 fully saturated rings. The Morgan fingerprint density at radius 3 is 3.00 bits per heavy atom. The predicted octanol–water partition coefficient (Wildman–Crippen LogP) is 3.21. The summed E-state index contributed by atoms with van der Waals surface area (Å²) in [5.41, 5.74) is 7.91. The number of fused-ring (bicyclic) bond motifs is 1. The van der Waals surface area contributed by atoms with E-state index in [4.69, 9.17) is 5.73 Å². The molecule has 0 aliphatic heterocycles. The van der Waals surface area contributed by atoms with Gasteiger partial charge in [0.2, 0.25) is 0 Å². The zero-order chi connectivity index (χ0) is 12.5. The van der Waals surface area contributed by atoms with E-state index in [0.717, 1.165) is 30.0 Å². The first-order chi connectivity index (χ1) is 8.74. The number of hydrogen-bond donors (Lipinski definition) is 1. The molecule has 2 aromatic rings. The Kier molecular flexibility index (Phi) is 3.14. The molecule has 2 N–H and O–H groups in total. The van der Waals surface area contributed by atoms with Crippen LogP contribution in [0.1, 0.15) is 40.0 Å². The lowest BCUT2D eigenvalue weighted by Gasteiger charge is -2.15. The molecule has 94 valence electrons. The smallest absolute Gasteiger partial charge is 0.126 e. The molecule has 0 amide bonds. The molecule has 1 aromatic carbocycles. The Morgan fingerprint density at radius 2 is 2.22 bits per heavy atom. The van der Waals surface area contributed by atoms with Gasteiger partial charge in [-0.3, -0.25) is 0 Å². The molecule has 1 aromatic heterocycles. The minimum atomic E-state index is -0.157. The van der Waals surface area contributed by atoms with E-state index in [1.54, 1.807) is 17.4 Å². The average molecular weight is 262 g/mol. The van der Waals surface area contributed by atoms with Gasteiger partial charge in [0.1, 0.15) is 5.82 Å². The first-order valence-electron chi connectivity index (χ1n) is 6.21. The fourth-order valence-electron chi connectivity index (χ4n) is 2.38. The fraction of sp³-hybridized carbons (Fsp3) is 0.357. The van der Waals surface area contributed by atoms with Gasteiger partial charge in [-0.25, -0.2) is 9.37 Å². The monoisotopic (exact) mass is 262 g/mol. The summed E-state index contributed by atoms with van der Waals surface area (Å²) in [7, 11) is 0. The van der Waals surface area contributed by atoms with Crippen molar-refractivity contribution in [2.45, 2.75) is 31.7 Å². The topological polar surface area (TPSA) is 38.9 Å². The molecule has 2 nitrogen and oxygen atoms in total. The van der Waals surface area contributed by atoms with Crippen molar-refractivity contribution in [3.8, 4) is 0 Å². The molecule has 3 rings (SSSR count). The highest BCUT2D eigenvalue weighted by Crippen LogP contribution is 2.33. The van der Waals surface area contributed by atoms with Crippen molar-refractivity contribution in [3.05, 3.63) is 51.2 Å².